The van der Waals surface area contributed by atoms with E-state index in [0.29, 0.717) is 11.1 Å². The summed E-state index contributed by atoms with van der Waals surface area (Å²) in [6.45, 7) is 1.80. The molecule has 0 saturated heterocycles. The smallest absolute Gasteiger partial charge is 0.119 e. The topological polar surface area (TPSA) is 80.9 Å². The molecule has 0 bridgehead atoms. The lowest BCUT2D eigenvalue weighted by Crippen LogP contribution is -1.81. The zero-order chi connectivity index (χ0) is 14.0. The van der Waals surface area contributed by atoms with Crippen molar-refractivity contribution in [3.63, 3.8) is 0 Å². The van der Waals surface area contributed by atoms with Crippen LogP contribution in [0.3, 0.4) is 0 Å². The van der Waals surface area contributed by atoms with Crippen molar-refractivity contribution >= 4 is 11.6 Å². The van der Waals surface area contributed by atoms with Gasteiger partial charge in [-0.3, -0.25) is 0 Å². The molecule has 2 aromatic rings. The standard InChI is InChI=1S/C15H14O4/c1-9(11-5-14(18)8-15(19)6-11)2-10-3-12(16)7-13(17)4-10/h2-8,16-19H,1H3/b9-2+. The first-order valence-corrected chi connectivity index (χ1v) is 5.69. The minimum Gasteiger partial charge on any atom is -0.508 e. The fourth-order valence-electron chi connectivity index (χ4n) is 1.86. The molecule has 19 heavy (non-hydrogen) atoms. The van der Waals surface area contributed by atoms with Gasteiger partial charge in [0.1, 0.15) is 23.0 Å². The summed E-state index contributed by atoms with van der Waals surface area (Å²) >= 11 is 0. The summed E-state index contributed by atoms with van der Waals surface area (Å²) in [5, 5.41) is 37.7. The second-order valence-electron chi connectivity index (χ2n) is 4.35. The van der Waals surface area contributed by atoms with E-state index in [2.05, 4.69) is 0 Å². The van der Waals surface area contributed by atoms with Crippen LogP contribution in [0.4, 0.5) is 0 Å². The van der Waals surface area contributed by atoms with Gasteiger partial charge in [0, 0.05) is 12.1 Å². The Labute approximate surface area is 110 Å². The number of phenols is 4. The molecule has 0 aliphatic carbocycles. The maximum absolute atomic E-state index is 9.43. The van der Waals surface area contributed by atoms with Gasteiger partial charge in [-0.25, -0.2) is 0 Å². The number of hydrogen-bond acceptors (Lipinski definition) is 4. The quantitative estimate of drug-likeness (QED) is 0.624. The van der Waals surface area contributed by atoms with E-state index in [1.54, 1.807) is 13.0 Å². The van der Waals surface area contributed by atoms with Crippen molar-refractivity contribution in [2.45, 2.75) is 6.92 Å². The predicted octanol–water partition coefficient (Wildman–Crippen LogP) is 3.07. The first-order valence-electron chi connectivity index (χ1n) is 5.69. The molecule has 0 aromatic heterocycles. The van der Waals surface area contributed by atoms with E-state index in [1.165, 1.54) is 36.4 Å². The highest BCUT2D eigenvalue weighted by Crippen LogP contribution is 2.28. The van der Waals surface area contributed by atoms with Gasteiger partial charge in [0.2, 0.25) is 0 Å². The number of benzene rings is 2. The van der Waals surface area contributed by atoms with Gasteiger partial charge >= 0.3 is 0 Å². The summed E-state index contributed by atoms with van der Waals surface area (Å²) < 4.78 is 0. The Kier molecular flexibility index (Phi) is 3.33. The minimum atomic E-state index is -0.0298. The number of phenolic OH excluding ortho intramolecular Hbond substituents is 4. The molecule has 0 amide bonds. The van der Waals surface area contributed by atoms with E-state index in [9.17, 15) is 20.4 Å². The molecular formula is C15H14O4. The molecule has 0 atom stereocenters. The van der Waals surface area contributed by atoms with Crippen molar-refractivity contribution in [1.29, 1.82) is 0 Å². The maximum atomic E-state index is 9.43. The average Bonchev–Trinajstić information content (AvgIpc) is 2.25. The molecule has 2 rings (SSSR count). The molecule has 2 aromatic carbocycles. The molecule has 4 nitrogen and oxygen atoms in total. The largest absolute Gasteiger partial charge is 0.508 e. The monoisotopic (exact) mass is 258 g/mol. The highest BCUT2D eigenvalue weighted by atomic mass is 16.3. The van der Waals surface area contributed by atoms with Crippen molar-refractivity contribution in [2.24, 2.45) is 0 Å². The SMILES string of the molecule is C/C(=C\c1cc(O)cc(O)c1)c1cc(O)cc(O)c1. The molecule has 0 heterocycles. The second kappa shape index (κ2) is 4.94. The molecule has 98 valence electrons. The Hall–Kier alpha value is -2.62. The molecular weight excluding hydrogens is 244 g/mol. The third-order valence-electron chi connectivity index (χ3n) is 2.67. The molecule has 0 unspecified atom stereocenters. The van der Waals surface area contributed by atoms with E-state index in [1.807, 2.05) is 0 Å². The van der Waals surface area contributed by atoms with Gasteiger partial charge < -0.3 is 20.4 Å². The fourth-order valence-corrected chi connectivity index (χ4v) is 1.86. The molecule has 0 radical (unpaired) electrons. The third-order valence-corrected chi connectivity index (χ3v) is 2.67. The first-order chi connectivity index (χ1) is 8.94. The van der Waals surface area contributed by atoms with Crippen LogP contribution in [0.25, 0.3) is 11.6 Å². The Morgan fingerprint density at radius 3 is 1.63 bits per heavy atom. The lowest BCUT2D eigenvalue weighted by molar-refractivity contribution is 0.449. The Morgan fingerprint density at radius 1 is 0.737 bits per heavy atom. The predicted molar refractivity (Wildman–Crippen MR) is 73.1 cm³/mol. The first kappa shape index (κ1) is 12.8. The van der Waals surface area contributed by atoms with Crippen molar-refractivity contribution in [1.82, 2.24) is 0 Å². The third kappa shape index (κ3) is 3.19. The average molecular weight is 258 g/mol. The summed E-state index contributed by atoms with van der Waals surface area (Å²) in [6, 6.07) is 8.55. The number of allylic oxidation sites excluding steroid dienone is 1. The number of aromatic hydroxyl groups is 4. The van der Waals surface area contributed by atoms with Crippen LogP contribution in [0.15, 0.2) is 36.4 Å². The Morgan fingerprint density at radius 2 is 1.16 bits per heavy atom. The second-order valence-corrected chi connectivity index (χ2v) is 4.35. The zero-order valence-electron chi connectivity index (χ0n) is 10.3. The summed E-state index contributed by atoms with van der Waals surface area (Å²) in [4.78, 5) is 0. The van der Waals surface area contributed by atoms with Crippen LogP contribution in [0.1, 0.15) is 18.1 Å². The molecule has 4 N–H and O–H groups in total. The van der Waals surface area contributed by atoms with Gasteiger partial charge in [0.25, 0.3) is 0 Å². The normalized spacial score (nSPS) is 11.5. The minimum absolute atomic E-state index is 0.0264. The summed E-state index contributed by atoms with van der Waals surface area (Å²) in [5.41, 5.74) is 2.05. The van der Waals surface area contributed by atoms with Gasteiger partial charge in [-0.2, -0.15) is 0 Å². The molecule has 0 saturated carbocycles. The number of rotatable bonds is 2. The Balaban J connectivity index is 2.42. The summed E-state index contributed by atoms with van der Waals surface area (Å²) in [5.74, 6) is -0.112. The lowest BCUT2D eigenvalue weighted by Gasteiger charge is -2.05. The highest BCUT2D eigenvalue weighted by Gasteiger charge is 2.03. The maximum Gasteiger partial charge on any atom is 0.119 e. The molecule has 0 spiro atoms. The number of hydrogen-bond donors (Lipinski definition) is 4. The van der Waals surface area contributed by atoms with Crippen LogP contribution in [-0.2, 0) is 0 Å². The van der Waals surface area contributed by atoms with Gasteiger partial charge in [0.15, 0.2) is 0 Å². The van der Waals surface area contributed by atoms with Crippen molar-refractivity contribution in [3.8, 4) is 23.0 Å². The van der Waals surface area contributed by atoms with Gasteiger partial charge in [-0.15, -0.1) is 0 Å². The van der Waals surface area contributed by atoms with Gasteiger partial charge in [0.05, 0.1) is 0 Å². The molecule has 4 heteroatoms. The summed E-state index contributed by atoms with van der Waals surface area (Å²) in [6.07, 6.45) is 1.73. The van der Waals surface area contributed by atoms with E-state index in [0.717, 1.165) is 5.57 Å². The van der Waals surface area contributed by atoms with Gasteiger partial charge in [-0.1, -0.05) is 6.08 Å². The van der Waals surface area contributed by atoms with E-state index in [-0.39, 0.29) is 23.0 Å². The Bertz CT molecular complexity index is 604. The lowest BCUT2D eigenvalue weighted by atomic mass is 10.0. The van der Waals surface area contributed by atoms with Crippen molar-refractivity contribution in [2.75, 3.05) is 0 Å². The van der Waals surface area contributed by atoms with Crippen LogP contribution >= 0.6 is 0 Å². The van der Waals surface area contributed by atoms with Crippen LogP contribution in [0.5, 0.6) is 23.0 Å². The molecule has 0 aliphatic rings. The van der Waals surface area contributed by atoms with Crippen molar-refractivity contribution < 1.29 is 20.4 Å². The fraction of sp³-hybridized carbons (Fsp3) is 0.0667. The molecule has 0 fully saturated rings. The highest BCUT2D eigenvalue weighted by molar-refractivity contribution is 5.81. The van der Waals surface area contributed by atoms with Crippen molar-refractivity contribution in [3.05, 3.63) is 47.5 Å². The van der Waals surface area contributed by atoms with E-state index in [4.69, 9.17) is 0 Å². The van der Waals surface area contributed by atoms with E-state index < -0.39 is 0 Å². The van der Waals surface area contributed by atoms with Crippen LogP contribution < -0.4 is 0 Å². The van der Waals surface area contributed by atoms with Crippen LogP contribution in [0, 0.1) is 0 Å². The van der Waals surface area contributed by atoms with Crippen LogP contribution in [0.2, 0.25) is 0 Å². The van der Waals surface area contributed by atoms with Crippen LogP contribution in [-0.4, -0.2) is 20.4 Å². The zero-order valence-corrected chi connectivity index (χ0v) is 10.3. The van der Waals surface area contributed by atoms with E-state index >= 15 is 0 Å². The molecule has 0 aliphatic heterocycles. The summed E-state index contributed by atoms with van der Waals surface area (Å²) in [7, 11) is 0. The van der Waals surface area contributed by atoms with Gasteiger partial charge in [-0.05, 0) is 47.9 Å².